The maximum absolute atomic E-state index is 13.2. The molecule has 3 aromatic heterocycles. The number of aromatic hydroxyl groups is 1. The van der Waals surface area contributed by atoms with Crippen LogP contribution >= 0.6 is 11.8 Å². The molecule has 9 aliphatic heterocycles. The van der Waals surface area contributed by atoms with Crippen molar-refractivity contribution in [3.05, 3.63) is 279 Å². The molecule has 0 aliphatic carbocycles. The third-order valence-electron chi connectivity index (χ3n) is 25.0. The summed E-state index contributed by atoms with van der Waals surface area (Å²) in [5, 5.41) is 44.7. The minimum atomic E-state index is -1.46. The predicted molar refractivity (Wildman–Crippen MR) is 492 cm³/mol. The second-order valence-electron chi connectivity index (χ2n) is 33.1. The fourth-order valence-corrected chi connectivity index (χ4v) is 18.9. The van der Waals surface area contributed by atoms with Crippen molar-refractivity contribution < 1.29 is 95.9 Å². The first-order valence-corrected chi connectivity index (χ1v) is 43.8. The molecule has 4 fully saturated rings. The van der Waals surface area contributed by atoms with Crippen molar-refractivity contribution in [2.24, 2.45) is 7.05 Å². The quantitative estimate of drug-likeness (QED) is 0.0291. The summed E-state index contributed by atoms with van der Waals surface area (Å²) in [6.07, 6.45) is 4.94. The van der Waals surface area contributed by atoms with Crippen molar-refractivity contribution in [1.29, 1.82) is 0 Å². The third kappa shape index (κ3) is 17.0. The van der Waals surface area contributed by atoms with E-state index in [4.69, 9.17) is 28.4 Å². The molecule has 4 saturated heterocycles. The van der Waals surface area contributed by atoms with Gasteiger partial charge in [0.05, 0.1) is 92.9 Å². The second kappa shape index (κ2) is 36.7. The fraction of sp³-hybridized carbons (Fsp3) is 0.206. The van der Waals surface area contributed by atoms with Crippen LogP contribution in [0.3, 0.4) is 0 Å². The number of pyridine rings is 1. The number of rotatable bonds is 22. The van der Waals surface area contributed by atoms with Gasteiger partial charge in [-0.05, 0) is 145 Å². The maximum Gasteiger partial charge on any atom is 0.322 e. The lowest BCUT2D eigenvalue weighted by atomic mass is 9.88. The highest BCUT2D eigenvalue weighted by molar-refractivity contribution is 8.00. The molecule has 0 spiro atoms. The topological polar surface area (TPSA) is 501 Å². The number of nitrogens with one attached hydrogen (secondary N) is 9. The van der Waals surface area contributed by atoms with E-state index in [-0.39, 0.29) is 67.5 Å². The van der Waals surface area contributed by atoms with Crippen molar-refractivity contribution in [3.63, 3.8) is 0 Å². The van der Waals surface area contributed by atoms with E-state index in [1.54, 1.807) is 150 Å². The molecule has 698 valence electrons. The van der Waals surface area contributed by atoms with E-state index in [1.165, 1.54) is 76.2 Å². The molecule has 0 bridgehead atoms. The number of aryl methyl sites for hydroxylation is 1. The van der Waals surface area contributed by atoms with Gasteiger partial charge in [0.1, 0.15) is 28.7 Å². The molecular formula is C97H84N20O20S. The molecule has 41 heteroatoms. The largest absolute Gasteiger partial charge is 0.508 e. The summed E-state index contributed by atoms with van der Waals surface area (Å²) in [7, 11) is 10.8. The average molecular weight is 1880 g/mol. The Bertz CT molecular complexity index is 7070. The van der Waals surface area contributed by atoms with Gasteiger partial charge < -0.3 is 79.7 Å². The number of aromatic nitrogens is 7. The van der Waals surface area contributed by atoms with E-state index in [0.717, 1.165) is 60.7 Å². The Morgan fingerprint density at radius 3 is 1.09 bits per heavy atom. The van der Waals surface area contributed by atoms with Gasteiger partial charge in [-0.15, -0.1) is 22.0 Å². The lowest BCUT2D eigenvalue weighted by molar-refractivity contribution is -0.125. The van der Waals surface area contributed by atoms with Gasteiger partial charge in [0, 0.05) is 83.0 Å². The zero-order chi connectivity index (χ0) is 96.8. The summed E-state index contributed by atoms with van der Waals surface area (Å²) >= 11 is 1.48. The van der Waals surface area contributed by atoms with Gasteiger partial charge in [0.25, 0.3) is 47.3 Å². The van der Waals surface area contributed by atoms with Gasteiger partial charge in [-0.25, -0.2) is 24.2 Å². The first-order chi connectivity index (χ1) is 66.5. The molecule has 138 heavy (non-hydrogen) atoms. The van der Waals surface area contributed by atoms with Crippen molar-refractivity contribution in [2.75, 3.05) is 79.9 Å². The summed E-state index contributed by atoms with van der Waals surface area (Å²) in [5.41, 5.74) is 8.06. The van der Waals surface area contributed by atoms with Crippen molar-refractivity contribution in [1.82, 2.24) is 97.3 Å². The Morgan fingerprint density at radius 2 is 0.746 bits per heavy atom. The number of imide groups is 4. The summed E-state index contributed by atoms with van der Waals surface area (Å²) < 4.78 is 31.3. The van der Waals surface area contributed by atoms with Gasteiger partial charge >= 0.3 is 30.1 Å². The van der Waals surface area contributed by atoms with E-state index in [2.05, 4.69) is 78.2 Å². The average Bonchev–Trinajstić information content (AvgIpc) is 1.60. The molecule has 0 radical (unpaired) electrons. The molecule has 21 rings (SSSR count). The lowest BCUT2D eigenvalue weighted by Gasteiger charge is -2.31. The first kappa shape index (κ1) is 90.9. The molecule has 40 nitrogen and oxygen atoms in total. The van der Waals surface area contributed by atoms with Gasteiger partial charge in [0.2, 0.25) is 17.6 Å². The van der Waals surface area contributed by atoms with E-state index < -0.39 is 69.9 Å². The van der Waals surface area contributed by atoms with E-state index in [0.29, 0.717) is 122 Å². The van der Waals surface area contributed by atoms with Crippen LogP contribution in [0.2, 0.25) is 0 Å². The fourth-order valence-electron chi connectivity index (χ4n) is 17.9. The number of carbonyl (C=O) groups excluding carboxylic acids is 13. The number of amides is 17. The number of anilines is 1. The van der Waals surface area contributed by atoms with Crippen molar-refractivity contribution in [2.45, 2.75) is 53.2 Å². The number of tetrazole rings is 1. The normalized spacial score (nSPS) is 19.4. The van der Waals surface area contributed by atoms with Crippen molar-refractivity contribution in [3.8, 4) is 85.4 Å². The van der Waals surface area contributed by atoms with Crippen molar-refractivity contribution >= 4 is 94.7 Å². The third-order valence-corrected chi connectivity index (χ3v) is 26.1. The van der Waals surface area contributed by atoms with Crippen LogP contribution in [-0.4, -0.2) is 212 Å². The van der Waals surface area contributed by atoms with Gasteiger partial charge in [-0.2, -0.15) is 9.78 Å². The Labute approximate surface area is 788 Å². The van der Waals surface area contributed by atoms with Crippen LogP contribution in [0.15, 0.2) is 218 Å². The minimum Gasteiger partial charge on any atom is -0.508 e. The second-order valence-corrected chi connectivity index (χ2v) is 34.1. The number of nitrogens with zero attached hydrogens (tertiary/aromatic N) is 11. The van der Waals surface area contributed by atoms with Crippen LogP contribution < -0.4 is 76.3 Å². The number of benzene rings is 9. The first-order valence-electron chi connectivity index (χ1n) is 42.8. The van der Waals surface area contributed by atoms with Gasteiger partial charge in [-0.1, -0.05) is 121 Å². The number of hydrogen-bond acceptors (Lipinski definition) is 27. The van der Waals surface area contributed by atoms with Crippen LogP contribution in [-0.2, 0) is 79.4 Å². The Morgan fingerprint density at radius 1 is 0.377 bits per heavy atom. The molecule has 9 aliphatic rings. The minimum absolute atomic E-state index is 0.0254. The lowest BCUT2D eigenvalue weighted by Crippen LogP contribution is -2.52. The maximum atomic E-state index is 13.2. The molecule has 12 aromatic rings. The molecule has 0 unspecified atom stereocenters. The summed E-state index contributed by atoms with van der Waals surface area (Å²) in [6.45, 7) is 1.12. The molecule has 0 saturated carbocycles. The Kier molecular flexibility index (Phi) is 24.2. The number of methoxy groups -OCH3 is 6. The van der Waals surface area contributed by atoms with Gasteiger partial charge in [0.15, 0.2) is 22.2 Å². The van der Waals surface area contributed by atoms with Crippen LogP contribution in [0.25, 0.3) is 44.8 Å². The highest BCUT2D eigenvalue weighted by Gasteiger charge is 2.55. The molecular weight excluding hydrogens is 1800 g/mol. The van der Waals surface area contributed by atoms with E-state index in [9.17, 15) is 67.4 Å². The zero-order valence-corrected chi connectivity index (χ0v) is 75.4. The number of fused-ring (bicyclic) bond motifs is 5. The SMILES string of the molecule is COc1ccc2c(c1)C(=O)N(C[C@@]1(c3ccc(-c4cccc5c4SCC(=O)N5)cc3)NC(=O)NC1=O)C2.COc1ccc2c(c1)C(=O)N(C[C@@]1(c3ccc(-c4cnc(OC)nc4OC)cc3)NC(=O)NC1=O)C2.COc1ccc2c(c1)C(=O)N(C[C@@]1(c3ccc(-c4cncc(-c5nnn(C)n5)c4)cc3)NC(=O)NC1=O)C2.COc1ccc2c(c1)C(=O)N(C[C@@]1(c3ccc(O)cc3)NC(=O)NC1=O)C2. The Hall–Kier alpha value is -17.7. The highest BCUT2D eigenvalue weighted by Crippen LogP contribution is 2.44. The van der Waals surface area contributed by atoms with Crippen LogP contribution in [0, 0.1) is 0 Å². The van der Waals surface area contributed by atoms with Crippen LogP contribution in [0.4, 0.5) is 24.9 Å². The van der Waals surface area contributed by atoms with Gasteiger partial charge in [-0.3, -0.25) is 69.4 Å². The summed E-state index contributed by atoms with van der Waals surface area (Å²) in [6, 6.07) is 54.0. The molecule has 9 aromatic carbocycles. The zero-order valence-electron chi connectivity index (χ0n) is 74.6. The number of phenols is 1. The monoisotopic (exact) mass is 1880 g/mol. The Balaban J connectivity index is 0.000000123. The number of urea groups is 4. The number of ether oxygens (including phenoxy) is 6. The summed E-state index contributed by atoms with van der Waals surface area (Å²) in [5.74, 6) is 0.367. The molecule has 12 heterocycles. The molecule has 4 atom stereocenters. The number of phenolic OH excluding ortho intramolecular Hbond substituents is 1. The molecule has 10 N–H and O–H groups in total. The van der Waals surface area contributed by atoms with Crippen LogP contribution in [0.5, 0.6) is 40.6 Å². The number of carbonyl (C=O) groups is 13. The van der Waals surface area contributed by atoms with E-state index >= 15 is 0 Å². The van der Waals surface area contributed by atoms with E-state index in [1.807, 2.05) is 72.8 Å². The predicted octanol–water partition coefficient (Wildman–Crippen LogP) is 7.69. The smallest absolute Gasteiger partial charge is 0.322 e. The number of thioether (sulfide) groups is 1. The highest BCUT2D eigenvalue weighted by atomic mass is 32.2. The molecule has 17 amide bonds. The standard InChI is InChI=1S/C27H22N4O5S.C26H22N8O4.C25H23N5O6.C19H17N3O5/c1-36-18-10-7-16-12-31(24(33)20(16)11-18)14-27(25(34)29-26(35)30-27)17-8-5-15(6-9-17)19-3-2-4-21-23(19)37-13-22(32)28-21;1-33-31-22(30-32-33)18-9-17(11-27-12-18)15-3-6-19(7-4-15)26(24(36)28-25(37)29-26)14-34-13-16-5-8-20(38-2)10-21(16)23(34)35;1-34-17-9-6-15-12-30(21(31)18(15)10-17)13-25(22(32)28-23(33)29-25)16-7-4-14(5-8-16)19-11-26-24(36-3)27-20(19)35-2;1-27-14-7-2-11-9-22(16(24)15(11)8-14)10-19(17(25)20-18(26)21-19)12-3-5-13(23)6-4-12/h2-11H,12-14H2,1H3,(H,28,32)(H2,29,30,34,35);3-12H,13-14H2,1-2H3,(H2,28,29,36,37);4-11H,12-13H2,1-3H3,(H2,28,29,32,33);2-8,23H,9-10H2,1H3,(H2,20,21,25,26)/t27-;26-;25-;19-/m0000/s1. The number of hydrogen-bond donors (Lipinski definition) is 10. The van der Waals surface area contributed by atoms with Crippen LogP contribution in [0.1, 0.15) is 85.9 Å². The summed E-state index contributed by atoms with van der Waals surface area (Å²) in [4.78, 5) is 186.